The molecule has 116 valence electrons. The fourth-order valence-electron chi connectivity index (χ4n) is 2.13. The van der Waals surface area contributed by atoms with Gasteiger partial charge in [-0.3, -0.25) is 0 Å². The molecule has 0 amide bonds. The molecular weight excluding hydrogens is 304 g/mol. The zero-order valence-electron chi connectivity index (χ0n) is 12.5. The van der Waals surface area contributed by atoms with E-state index in [0.29, 0.717) is 19.5 Å². The molecule has 0 saturated heterocycles. The second-order valence-corrected chi connectivity index (χ2v) is 8.25. The molecule has 0 aliphatic rings. The second-order valence-electron chi connectivity index (χ2n) is 5.13. The number of hydrogen-bond donors (Lipinski definition) is 0. The van der Waals surface area contributed by atoms with Gasteiger partial charge in [0, 0.05) is 30.4 Å². The Morgan fingerprint density at radius 1 is 1.24 bits per heavy atom. The van der Waals surface area contributed by atoms with Crippen molar-refractivity contribution in [2.75, 3.05) is 5.75 Å². The average Bonchev–Trinajstić information content (AvgIpc) is 3.08. The molecule has 2 rings (SSSR count). The lowest BCUT2D eigenvalue weighted by Crippen LogP contribution is -2.32. The Kier molecular flexibility index (Phi) is 5.61. The molecular formula is C15H22N2O2S2. The lowest BCUT2D eigenvalue weighted by molar-refractivity contribution is 0.394. The molecule has 0 atom stereocenters. The largest absolute Gasteiger partial charge is 0.353 e. The predicted molar refractivity (Wildman–Crippen MR) is 87.7 cm³/mol. The Bertz CT molecular complexity index is 645. The third kappa shape index (κ3) is 4.43. The molecule has 0 N–H and O–H groups in total. The highest BCUT2D eigenvalue weighted by Crippen LogP contribution is 2.18. The van der Waals surface area contributed by atoms with Crippen molar-refractivity contribution in [3.05, 3.63) is 46.4 Å². The van der Waals surface area contributed by atoms with Gasteiger partial charge >= 0.3 is 0 Å². The van der Waals surface area contributed by atoms with Crippen molar-refractivity contribution in [1.29, 1.82) is 0 Å². The molecule has 2 aromatic rings. The minimum atomic E-state index is -3.23. The van der Waals surface area contributed by atoms with E-state index in [1.165, 1.54) is 0 Å². The summed E-state index contributed by atoms with van der Waals surface area (Å²) in [6, 6.07) is 7.85. The molecule has 0 aromatic carbocycles. The second kappa shape index (κ2) is 7.24. The van der Waals surface area contributed by atoms with Crippen LogP contribution in [0.2, 0.25) is 0 Å². The molecule has 0 fully saturated rings. The van der Waals surface area contributed by atoms with Gasteiger partial charge in [-0.25, -0.2) is 8.42 Å². The third-order valence-electron chi connectivity index (χ3n) is 3.45. The van der Waals surface area contributed by atoms with Crippen LogP contribution in [0.25, 0.3) is 0 Å². The SMILES string of the molecule is CCCCS(=O)(=O)N(Cc1cccs1)Cc1cccn1C. The summed E-state index contributed by atoms with van der Waals surface area (Å²) in [5.41, 5.74) is 1.01. The van der Waals surface area contributed by atoms with E-state index in [-0.39, 0.29) is 5.75 Å². The molecule has 0 bridgehead atoms. The molecule has 0 radical (unpaired) electrons. The fourth-order valence-corrected chi connectivity index (χ4v) is 4.50. The van der Waals surface area contributed by atoms with Crippen LogP contribution in [0.4, 0.5) is 0 Å². The fraction of sp³-hybridized carbons (Fsp3) is 0.467. The van der Waals surface area contributed by atoms with Gasteiger partial charge in [-0.1, -0.05) is 19.4 Å². The molecule has 0 saturated carbocycles. The summed E-state index contributed by atoms with van der Waals surface area (Å²) in [6.07, 6.45) is 3.53. The highest BCUT2D eigenvalue weighted by molar-refractivity contribution is 7.89. The van der Waals surface area contributed by atoms with E-state index in [1.807, 2.05) is 54.4 Å². The van der Waals surface area contributed by atoms with E-state index in [4.69, 9.17) is 0 Å². The van der Waals surface area contributed by atoms with E-state index in [2.05, 4.69) is 0 Å². The highest BCUT2D eigenvalue weighted by Gasteiger charge is 2.23. The zero-order valence-corrected chi connectivity index (χ0v) is 14.2. The third-order valence-corrected chi connectivity index (χ3v) is 6.16. The smallest absolute Gasteiger partial charge is 0.214 e. The molecule has 0 aliphatic carbocycles. The summed E-state index contributed by atoms with van der Waals surface area (Å²) >= 11 is 1.60. The van der Waals surface area contributed by atoms with Crippen LogP contribution in [0, 0.1) is 0 Å². The molecule has 0 aliphatic heterocycles. The first-order valence-electron chi connectivity index (χ1n) is 7.13. The summed E-state index contributed by atoms with van der Waals surface area (Å²) in [4.78, 5) is 1.07. The highest BCUT2D eigenvalue weighted by atomic mass is 32.2. The minimum Gasteiger partial charge on any atom is -0.353 e. The number of thiophene rings is 1. The van der Waals surface area contributed by atoms with Crippen molar-refractivity contribution in [2.45, 2.75) is 32.9 Å². The van der Waals surface area contributed by atoms with Crippen molar-refractivity contribution >= 4 is 21.4 Å². The Morgan fingerprint density at radius 3 is 2.62 bits per heavy atom. The van der Waals surface area contributed by atoms with Crippen LogP contribution in [0.3, 0.4) is 0 Å². The Morgan fingerprint density at radius 2 is 2.05 bits per heavy atom. The predicted octanol–water partition coefficient (Wildman–Crippen LogP) is 3.22. The summed E-state index contributed by atoms with van der Waals surface area (Å²) < 4.78 is 28.7. The van der Waals surface area contributed by atoms with Crippen molar-refractivity contribution in [3.63, 3.8) is 0 Å². The Balaban J connectivity index is 2.19. The molecule has 2 heterocycles. The maximum absolute atomic E-state index is 12.6. The Labute approximate surface area is 131 Å². The van der Waals surface area contributed by atoms with Crippen LogP contribution in [0.15, 0.2) is 35.8 Å². The van der Waals surface area contributed by atoms with Crippen LogP contribution in [-0.2, 0) is 30.2 Å². The van der Waals surface area contributed by atoms with E-state index >= 15 is 0 Å². The number of sulfonamides is 1. The van der Waals surface area contributed by atoms with Crippen LogP contribution in [-0.4, -0.2) is 23.0 Å². The summed E-state index contributed by atoms with van der Waals surface area (Å²) in [5, 5.41) is 1.98. The normalized spacial score (nSPS) is 12.1. The van der Waals surface area contributed by atoms with Gasteiger partial charge in [0.25, 0.3) is 0 Å². The van der Waals surface area contributed by atoms with Crippen molar-refractivity contribution < 1.29 is 8.42 Å². The quantitative estimate of drug-likeness (QED) is 0.747. The van der Waals surface area contributed by atoms with Crippen LogP contribution >= 0.6 is 11.3 Å². The maximum Gasteiger partial charge on any atom is 0.214 e. The summed E-state index contributed by atoms with van der Waals surface area (Å²) in [7, 11) is -1.28. The van der Waals surface area contributed by atoms with Crippen molar-refractivity contribution in [2.24, 2.45) is 7.05 Å². The maximum atomic E-state index is 12.6. The summed E-state index contributed by atoms with van der Waals surface area (Å²) in [5.74, 6) is 0.222. The van der Waals surface area contributed by atoms with Gasteiger partial charge in [0.05, 0.1) is 12.3 Å². The van der Waals surface area contributed by atoms with E-state index in [0.717, 1.165) is 17.0 Å². The average molecular weight is 326 g/mol. The topological polar surface area (TPSA) is 42.3 Å². The lowest BCUT2D eigenvalue weighted by atomic mass is 10.4. The number of aryl methyl sites for hydroxylation is 1. The van der Waals surface area contributed by atoms with E-state index < -0.39 is 10.0 Å². The first kappa shape index (κ1) is 16.3. The molecule has 0 unspecified atom stereocenters. The molecule has 2 aromatic heterocycles. The molecule has 0 spiro atoms. The first-order valence-corrected chi connectivity index (χ1v) is 9.62. The monoisotopic (exact) mass is 326 g/mol. The molecule has 21 heavy (non-hydrogen) atoms. The standard InChI is InChI=1S/C15H22N2O2S2/c1-3-4-11-21(18,19)17(13-15-8-6-10-20-15)12-14-7-5-9-16(14)2/h5-10H,3-4,11-13H2,1-2H3. The van der Waals surface area contributed by atoms with Gasteiger partial charge in [0.2, 0.25) is 10.0 Å². The number of rotatable bonds is 8. The number of unbranched alkanes of at least 4 members (excludes halogenated alkanes) is 1. The number of hydrogen-bond acceptors (Lipinski definition) is 3. The van der Waals surface area contributed by atoms with Gasteiger partial charge < -0.3 is 4.57 Å². The Hall–Kier alpha value is -1.11. The summed E-state index contributed by atoms with van der Waals surface area (Å²) in [6.45, 7) is 2.89. The van der Waals surface area contributed by atoms with E-state index in [9.17, 15) is 8.42 Å². The lowest BCUT2D eigenvalue weighted by Gasteiger charge is -2.22. The van der Waals surface area contributed by atoms with Gasteiger partial charge in [0.15, 0.2) is 0 Å². The van der Waals surface area contributed by atoms with Crippen molar-refractivity contribution in [1.82, 2.24) is 8.87 Å². The van der Waals surface area contributed by atoms with Gasteiger partial charge in [-0.2, -0.15) is 4.31 Å². The minimum absolute atomic E-state index is 0.222. The number of nitrogens with zero attached hydrogens (tertiary/aromatic N) is 2. The van der Waals surface area contributed by atoms with Gasteiger partial charge in [-0.15, -0.1) is 11.3 Å². The van der Waals surface area contributed by atoms with Crippen molar-refractivity contribution in [3.8, 4) is 0 Å². The van der Waals surface area contributed by atoms with Crippen LogP contribution < -0.4 is 0 Å². The van der Waals surface area contributed by atoms with Gasteiger partial charge in [-0.05, 0) is 30.0 Å². The van der Waals surface area contributed by atoms with Crippen LogP contribution in [0.1, 0.15) is 30.3 Å². The van der Waals surface area contributed by atoms with Crippen LogP contribution in [0.5, 0.6) is 0 Å². The molecule has 4 nitrogen and oxygen atoms in total. The van der Waals surface area contributed by atoms with E-state index in [1.54, 1.807) is 15.6 Å². The first-order chi connectivity index (χ1) is 10.0. The zero-order chi connectivity index (χ0) is 15.3. The number of aromatic nitrogens is 1. The molecule has 6 heteroatoms. The van der Waals surface area contributed by atoms with Gasteiger partial charge in [0.1, 0.15) is 0 Å².